The number of rotatable bonds is 2. The summed E-state index contributed by atoms with van der Waals surface area (Å²) in [6.07, 6.45) is 0. The molecule has 0 aliphatic heterocycles. The second kappa shape index (κ2) is 6.05. The van der Waals surface area contributed by atoms with Crippen molar-refractivity contribution in [1.29, 1.82) is 0 Å². The Bertz CT molecular complexity index is 1410. The van der Waals surface area contributed by atoms with E-state index in [2.05, 4.69) is 18.2 Å². The van der Waals surface area contributed by atoms with Gasteiger partial charge in [0.25, 0.3) is 0 Å². The van der Waals surface area contributed by atoms with Gasteiger partial charge in [0.2, 0.25) is 0 Å². The van der Waals surface area contributed by atoms with E-state index in [1.807, 2.05) is 54.6 Å². The van der Waals surface area contributed by atoms with E-state index >= 15 is 0 Å². The maximum atomic E-state index is 8.48. The Morgan fingerprint density at radius 1 is 0.654 bits per heavy atom. The van der Waals surface area contributed by atoms with Gasteiger partial charge in [0, 0.05) is 21.5 Å². The van der Waals surface area contributed by atoms with Crippen LogP contribution in [0.15, 0.2) is 97.0 Å². The van der Waals surface area contributed by atoms with Gasteiger partial charge in [0.1, 0.15) is 0 Å². The van der Waals surface area contributed by atoms with E-state index in [1.54, 1.807) is 4.57 Å². The zero-order valence-electron chi connectivity index (χ0n) is 17.8. The fourth-order valence-corrected chi connectivity index (χ4v) is 3.52. The van der Waals surface area contributed by atoms with E-state index in [0.29, 0.717) is 0 Å². The zero-order chi connectivity index (χ0) is 21.0. The van der Waals surface area contributed by atoms with Gasteiger partial charge in [-0.2, -0.15) is 0 Å². The van der Waals surface area contributed by atoms with Gasteiger partial charge in [0.15, 0.2) is 0 Å². The molecule has 1 nitrogen and oxygen atoms in total. The van der Waals surface area contributed by atoms with Crippen LogP contribution < -0.4 is 0 Å². The van der Waals surface area contributed by atoms with E-state index in [1.165, 1.54) is 0 Å². The molecule has 0 amide bonds. The second-order valence-electron chi connectivity index (χ2n) is 6.11. The van der Waals surface area contributed by atoms with E-state index in [-0.39, 0.29) is 34.9 Å². The van der Waals surface area contributed by atoms with Crippen LogP contribution >= 0.6 is 11.6 Å². The molecule has 5 aromatic rings. The van der Waals surface area contributed by atoms with Crippen molar-refractivity contribution in [1.82, 2.24) is 4.57 Å². The number of aromatic nitrogens is 1. The quantitative estimate of drug-likeness (QED) is 0.317. The third kappa shape index (κ3) is 2.40. The van der Waals surface area contributed by atoms with E-state index in [9.17, 15) is 0 Å². The van der Waals surface area contributed by atoms with Crippen LogP contribution in [0.2, 0.25) is 5.02 Å². The molecule has 5 rings (SSSR count). The topological polar surface area (TPSA) is 4.93 Å². The molecule has 1 aromatic heterocycles. The normalized spacial score (nSPS) is 13.4. The Morgan fingerprint density at radius 3 is 2.15 bits per heavy atom. The minimum Gasteiger partial charge on any atom is -0.309 e. The van der Waals surface area contributed by atoms with Crippen LogP contribution in [0.4, 0.5) is 0 Å². The standard InChI is InChI=1S/C24H16ClN/c25-19-11-13-20(14-12-19)26-23-9-5-4-8-21(23)22-16-18(10-15-24(22)26)17-6-2-1-3-7-17/h1-16H/i11D,12D,13D,14D. The van der Waals surface area contributed by atoms with Crippen molar-refractivity contribution >= 4 is 33.4 Å². The highest BCUT2D eigenvalue weighted by atomic mass is 35.5. The molecule has 2 heteroatoms. The molecule has 0 aliphatic carbocycles. The van der Waals surface area contributed by atoms with Crippen molar-refractivity contribution in [3.05, 3.63) is 102 Å². The summed E-state index contributed by atoms with van der Waals surface area (Å²) < 4.78 is 35.1. The van der Waals surface area contributed by atoms with E-state index < -0.39 is 0 Å². The van der Waals surface area contributed by atoms with Crippen LogP contribution in [0.3, 0.4) is 0 Å². The van der Waals surface area contributed by atoms with Gasteiger partial charge in [-0.25, -0.2) is 0 Å². The SMILES string of the molecule is [2H]c1c([2H])c(-n2c3ccccc3c3cc(-c4ccccc4)ccc32)c([2H])c([2H])c1Cl. The summed E-state index contributed by atoms with van der Waals surface area (Å²) in [4.78, 5) is 0. The molecule has 124 valence electrons. The van der Waals surface area contributed by atoms with Crippen LogP contribution in [0.5, 0.6) is 0 Å². The van der Waals surface area contributed by atoms with Crippen LogP contribution in [0.1, 0.15) is 5.48 Å². The largest absolute Gasteiger partial charge is 0.309 e. The Morgan fingerprint density at radius 2 is 1.35 bits per heavy atom. The number of benzene rings is 4. The molecule has 26 heavy (non-hydrogen) atoms. The van der Waals surface area contributed by atoms with Crippen molar-refractivity contribution in [2.24, 2.45) is 0 Å². The molecule has 0 radical (unpaired) electrons. The number of nitrogens with zero attached hydrogens (tertiary/aromatic N) is 1. The van der Waals surface area contributed by atoms with E-state index in [0.717, 1.165) is 32.9 Å². The van der Waals surface area contributed by atoms with Crippen LogP contribution in [0, 0.1) is 0 Å². The number of hydrogen-bond acceptors (Lipinski definition) is 0. The summed E-state index contributed by atoms with van der Waals surface area (Å²) in [5.74, 6) is 0. The van der Waals surface area contributed by atoms with Crippen LogP contribution in [0.25, 0.3) is 38.6 Å². The highest BCUT2D eigenvalue weighted by Gasteiger charge is 2.12. The van der Waals surface area contributed by atoms with Gasteiger partial charge in [-0.1, -0.05) is 66.2 Å². The summed E-state index contributed by atoms with van der Waals surface area (Å²) in [5.41, 5.74) is 4.02. The maximum absolute atomic E-state index is 8.48. The second-order valence-corrected chi connectivity index (χ2v) is 6.49. The molecule has 0 saturated carbocycles. The highest BCUT2D eigenvalue weighted by Crippen LogP contribution is 2.34. The Kier molecular flexibility index (Phi) is 2.69. The average molecular weight is 358 g/mol. The minimum atomic E-state index is -0.237. The lowest BCUT2D eigenvalue weighted by atomic mass is 10.0. The number of halogens is 1. The monoisotopic (exact) mass is 357 g/mol. The van der Waals surface area contributed by atoms with Gasteiger partial charge in [0.05, 0.1) is 16.5 Å². The molecule has 0 spiro atoms. The summed E-state index contributed by atoms with van der Waals surface area (Å²) in [5, 5.41) is 1.80. The first-order chi connectivity index (χ1) is 14.5. The van der Waals surface area contributed by atoms with Crippen molar-refractivity contribution in [3.63, 3.8) is 0 Å². The van der Waals surface area contributed by atoms with Crippen molar-refractivity contribution < 1.29 is 5.48 Å². The van der Waals surface area contributed by atoms with E-state index in [4.69, 9.17) is 17.1 Å². The van der Waals surface area contributed by atoms with Crippen molar-refractivity contribution in [3.8, 4) is 16.8 Å². The van der Waals surface area contributed by atoms with Gasteiger partial charge in [-0.05, 0) is 53.5 Å². The molecule has 1 heterocycles. The number of fused-ring (bicyclic) bond motifs is 3. The average Bonchev–Trinajstić information content (AvgIpc) is 3.11. The Hall–Kier alpha value is -3.03. The predicted octanol–water partition coefficient (Wildman–Crippen LogP) is 7.10. The fourth-order valence-electron chi connectivity index (χ4n) is 3.43. The lowest BCUT2D eigenvalue weighted by Crippen LogP contribution is -1.93. The van der Waals surface area contributed by atoms with Crippen molar-refractivity contribution in [2.75, 3.05) is 0 Å². The zero-order valence-corrected chi connectivity index (χ0v) is 14.5. The number of para-hydroxylation sites is 1. The smallest absolute Gasteiger partial charge is 0.0645 e. The van der Waals surface area contributed by atoms with Gasteiger partial charge in [-0.3, -0.25) is 0 Å². The van der Waals surface area contributed by atoms with Gasteiger partial charge < -0.3 is 4.57 Å². The van der Waals surface area contributed by atoms with Crippen molar-refractivity contribution in [2.45, 2.75) is 0 Å². The summed E-state index contributed by atoms with van der Waals surface area (Å²) >= 11 is 6.02. The molecule has 0 atom stereocenters. The summed E-state index contributed by atoms with van der Waals surface area (Å²) in [7, 11) is 0. The molecule has 0 bridgehead atoms. The van der Waals surface area contributed by atoms with Gasteiger partial charge in [-0.15, -0.1) is 0 Å². The lowest BCUT2D eigenvalue weighted by Gasteiger charge is -2.08. The van der Waals surface area contributed by atoms with Crippen LogP contribution in [-0.2, 0) is 0 Å². The third-order valence-corrected chi connectivity index (χ3v) is 4.77. The third-order valence-electron chi connectivity index (χ3n) is 4.58. The predicted molar refractivity (Wildman–Crippen MR) is 111 cm³/mol. The summed E-state index contributed by atoms with van der Waals surface area (Å²) in [6, 6.07) is 23.2. The molecule has 0 saturated heterocycles. The number of hydrogen-bond donors (Lipinski definition) is 0. The van der Waals surface area contributed by atoms with Crippen LogP contribution in [-0.4, -0.2) is 4.57 Å². The first-order valence-corrected chi connectivity index (χ1v) is 8.71. The molecule has 4 aromatic carbocycles. The first-order valence-electron chi connectivity index (χ1n) is 10.3. The lowest BCUT2D eigenvalue weighted by molar-refractivity contribution is 1.18. The fraction of sp³-hybridized carbons (Fsp3) is 0. The Balaban J connectivity index is 1.91. The first kappa shape index (κ1) is 11.6. The molecular formula is C24H16ClN. The molecule has 0 unspecified atom stereocenters. The Labute approximate surface area is 162 Å². The maximum Gasteiger partial charge on any atom is 0.0645 e. The molecule has 0 fully saturated rings. The highest BCUT2D eigenvalue weighted by molar-refractivity contribution is 6.30. The minimum absolute atomic E-state index is 0.157. The summed E-state index contributed by atoms with van der Waals surface area (Å²) in [6.45, 7) is 0. The van der Waals surface area contributed by atoms with Gasteiger partial charge >= 0.3 is 0 Å². The molecular weight excluding hydrogens is 338 g/mol. The molecule has 0 N–H and O–H groups in total. The molecule has 0 aliphatic rings.